The summed E-state index contributed by atoms with van der Waals surface area (Å²) < 4.78 is 3.47. The molecule has 3 aromatic carbocycles. The SMILES string of the molecule is CCC1(CC)c2cc(Br)ccc2-c2cccc(-c3nc4ccc(Br)cc4s3)c21. The van der Waals surface area contributed by atoms with Crippen molar-refractivity contribution in [2.24, 2.45) is 0 Å². The van der Waals surface area contributed by atoms with E-state index in [-0.39, 0.29) is 5.41 Å². The van der Waals surface area contributed by atoms with Crippen molar-refractivity contribution in [2.75, 3.05) is 0 Å². The molecule has 0 amide bonds. The van der Waals surface area contributed by atoms with Gasteiger partial charge in [0.25, 0.3) is 0 Å². The van der Waals surface area contributed by atoms with Gasteiger partial charge in [0.05, 0.1) is 10.2 Å². The number of nitrogens with zero attached hydrogens (tertiary/aromatic N) is 1. The van der Waals surface area contributed by atoms with Gasteiger partial charge in [0.2, 0.25) is 0 Å². The summed E-state index contributed by atoms with van der Waals surface area (Å²) in [6.45, 7) is 4.63. The fraction of sp³-hybridized carbons (Fsp3) is 0.208. The van der Waals surface area contributed by atoms with Crippen LogP contribution in [0.1, 0.15) is 37.8 Å². The molecule has 140 valence electrons. The highest BCUT2D eigenvalue weighted by Crippen LogP contribution is 2.56. The first-order valence-corrected chi connectivity index (χ1v) is 12.0. The van der Waals surface area contributed by atoms with E-state index < -0.39 is 0 Å². The first-order valence-electron chi connectivity index (χ1n) is 9.57. The second-order valence-corrected chi connectivity index (χ2v) is 10.2. The van der Waals surface area contributed by atoms with Crippen LogP contribution in [0.3, 0.4) is 0 Å². The molecule has 1 aliphatic carbocycles. The van der Waals surface area contributed by atoms with Crippen LogP contribution in [0.2, 0.25) is 0 Å². The Balaban J connectivity index is 1.82. The summed E-state index contributed by atoms with van der Waals surface area (Å²) >= 11 is 9.07. The average Bonchev–Trinajstić information content (AvgIpc) is 3.24. The van der Waals surface area contributed by atoms with Gasteiger partial charge in [0, 0.05) is 19.9 Å². The van der Waals surface area contributed by atoms with E-state index >= 15 is 0 Å². The molecule has 1 nitrogen and oxygen atoms in total. The Labute approximate surface area is 186 Å². The second-order valence-electron chi connectivity index (χ2n) is 7.34. The monoisotopic (exact) mass is 511 g/mol. The van der Waals surface area contributed by atoms with Crippen molar-refractivity contribution in [3.63, 3.8) is 0 Å². The molecule has 0 saturated carbocycles. The predicted molar refractivity (Wildman–Crippen MR) is 127 cm³/mol. The Morgan fingerprint density at radius 2 is 1.57 bits per heavy atom. The van der Waals surface area contributed by atoms with Crippen LogP contribution < -0.4 is 0 Å². The first kappa shape index (κ1) is 18.5. The van der Waals surface area contributed by atoms with Crippen LogP contribution in [0.15, 0.2) is 63.5 Å². The molecule has 5 rings (SSSR count). The molecular weight excluding hydrogens is 494 g/mol. The average molecular weight is 513 g/mol. The maximum absolute atomic E-state index is 5.00. The highest BCUT2D eigenvalue weighted by Gasteiger charge is 2.42. The van der Waals surface area contributed by atoms with E-state index in [9.17, 15) is 0 Å². The third-order valence-electron chi connectivity index (χ3n) is 6.12. The van der Waals surface area contributed by atoms with Crippen LogP contribution in [0.25, 0.3) is 31.9 Å². The lowest BCUT2D eigenvalue weighted by Gasteiger charge is -2.31. The van der Waals surface area contributed by atoms with Gasteiger partial charge in [-0.25, -0.2) is 4.98 Å². The zero-order valence-corrected chi connectivity index (χ0v) is 19.7. The molecule has 4 heteroatoms. The summed E-state index contributed by atoms with van der Waals surface area (Å²) in [5.41, 5.74) is 8.01. The van der Waals surface area contributed by atoms with Gasteiger partial charge in [-0.1, -0.05) is 70.0 Å². The van der Waals surface area contributed by atoms with Crippen LogP contribution in [0.4, 0.5) is 0 Å². The Kier molecular flexibility index (Phi) is 4.49. The smallest absolute Gasteiger partial charge is 0.124 e. The second kappa shape index (κ2) is 6.79. The molecule has 0 atom stereocenters. The standard InChI is InChI=1S/C24H19Br2NS/c1-3-24(4-2)19-12-14(25)8-10-16(19)17-6-5-7-18(22(17)24)23-27-20-11-9-15(26)13-21(20)28-23/h5-13H,3-4H2,1-2H3. The Morgan fingerprint density at radius 3 is 2.36 bits per heavy atom. The number of rotatable bonds is 3. The molecule has 1 heterocycles. The largest absolute Gasteiger partial charge is 0.236 e. The normalized spacial score (nSPS) is 14.3. The number of hydrogen-bond donors (Lipinski definition) is 0. The highest BCUT2D eigenvalue weighted by molar-refractivity contribution is 9.10. The third-order valence-corrected chi connectivity index (χ3v) is 8.16. The molecule has 0 fully saturated rings. The van der Waals surface area contributed by atoms with Gasteiger partial charge in [-0.15, -0.1) is 11.3 Å². The lowest BCUT2D eigenvalue weighted by molar-refractivity contribution is 0.491. The van der Waals surface area contributed by atoms with E-state index in [4.69, 9.17) is 4.98 Å². The van der Waals surface area contributed by atoms with E-state index in [0.717, 1.165) is 32.3 Å². The fourth-order valence-corrected chi connectivity index (χ4v) is 6.66. The van der Waals surface area contributed by atoms with Crippen LogP contribution in [0, 0.1) is 0 Å². The molecule has 28 heavy (non-hydrogen) atoms. The summed E-state index contributed by atoms with van der Waals surface area (Å²) in [5.74, 6) is 0. The molecule has 4 aromatic rings. The number of halogens is 2. The lowest BCUT2D eigenvalue weighted by Crippen LogP contribution is -2.24. The third kappa shape index (κ3) is 2.58. The molecule has 0 aliphatic heterocycles. The summed E-state index contributed by atoms with van der Waals surface area (Å²) in [6.07, 6.45) is 2.15. The molecule has 1 aromatic heterocycles. The van der Waals surface area contributed by atoms with Crippen molar-refractivity contribution < 1.29 is 0 Å². The van der Waals surface area contributed by atoms with E-state index in [0.29, 0.717) is 0 Å². The summed E-state index contributed by atoms with van der Waals surface area (Å²) in [5, 5.41) is 1.11. The zero-order valence-electron chi connectivity index (χ0n) is 15.7. The number of fused-ring (bicyclic) bond motifs is 4. The lowest BCUT2D eigenvalue weighted by atomic mass is 9.72. The molecule has 1 aliphatic rings. The number of benzene rings is 3. The van der Waals surface area contributed by atoms with Gasteiger partial charge in [-0.2, -0.15) is 0 Å². The van der Waals surface area contributed by atoms with Crippen molar-refractivity contribution >= 4 is 53.4 Å². The molecule has 0 bridgehead atoms. The van der Waals surface area contributed by atoms with Crippen molar-refractivity contribution in [1.29, 1.82) is 0 Å². The number of aromatic nitrogens is 1. The maximum Gasteiger partial charge on any atom is 0.124 e. The van der Waals surface area contributed by atoms with Crippen LogP contribution >= 0.6 is 43.2 Å². The summed E-state index contributed by atoms with van der Waals surface area (Å²) in [7, 11) is 0. The van der Waals surface area contributed by atoms with E-state index in [2.05, 4.69) is 100 Å². The predicted octanol–water partition coefficient (Wildman–Crippen LogP) is 8.57. The van der Waals surface area contributed by atoms with E-state index in [1.165, 1.54) is 32.5 Å². The van der Waals surface area contributed by atoms with Crippen LogP contribution in [0.5, 0.6) is 0 Å². The van der Waals surface area contributed by atoms with Crippen molar-refractivity contribution in [2.45, 2.75) is 32.1 Å². The van der Waals surface area contributed by atoms with E-state index in [1.807, 2.05) is 0 Å². The topological polar surface area (TPSA) is 12.9 Å². The Bertz CT molecular complexity index is 1220. The van der Waals surface area contributed by atoms with E-state index in [1.54, 1.807) is 11.3 Å². The van der Waals surface area contributed by atoms with Crippen LogP contribution in [-0.2, 0) is 5.41 Å². The molecular formula is C24H19Br2NS. The Morgan fingerprint density at radius 1 is 0.857 bits per heavy atom. The molecule has 0 spiro atoms. The van der Waals surface area contributed by atoms with Crippen molar-refractivity contribution in [3.8, 4) is 21.7 Å². The minimum Gasteiger partial charge on any atom is -0.236 e. The number of hydrogen-bond acceptors (Lipinski definition) is 2. The highest BCUT2D eigenvalue weighted by atomic mass is 79.9. The fourth-order valence-electron chi connectivity index (χ4n) is 4.75. The summed E-state index contributed by atoms with van der Waals surface area (Å²) in [4.78, 5) is 5.00. The molecule has 0 radical (unpaired) electrons. The van der Waals surface area contributed by atoms with Gasteiger partial charge >= 0.3 is 0 Å². The zero-order chi connectivity index (χ0) is 19.5. The van der Waals surface area contributed by atoms with Crippen molar-refractivity contribution in [1.82, 2.24) is 4.98 Å². The molecule has 0 N–H and O–H groups in total. The maximum atomic E-state index is 5.00. The van der Waals surface area contributed by atoms with Gasteiger partial charge < -0.3 is 0 Å². The summed E-state index contributed by atoms with van der Waals surface area (Å²) in [6, 6.07) is 19.8. The quantitative estimate of drug-likeness (QED) is 0.268. The van der Waals surface area contributed by atoms with Gasteiger partial charge in [-0.3, -0.25) is 0 Å². The van der Waals surface area contributed by atoms with Gasteiger partial charge in [0.15, 0.2) is 0 Å². The minimum absolute atomic E-state index is 0.0312. The van der Waals surface area contributed by atoms with Gasteiger partial charge in [-0.05, 0) is 65.4 Å². The minimum atomic E-state index is 0.0312. The van der Waals surface area contributed by atoms with Gasteiger partial charge in [0.1, 0.15) is 5.01 Å². The van der Waals surface area contributed by atoms with Crippen LogP contribution in [-0.4, -0.2) is 4.98 Å². The first-order chi connectivity index (χ1) is 13.6. The Hall–Kier alpha value is -1.49. The molecule has 0 unspecified atom stereocenters. The molecule has 0 saturated heterocycles. The van der Waals surface area contributed by atoms with Crippen molar-refractivity contribution in [3.05, 3.63) is 74.7 Å². The number of thiazole rings is 1.